The van der Waals surface area contributed by atoms with Gasteiger partial charge >= 0.3 is 7.82 Å². The molecule has 0 aliphatic heterocycles. The number of phosphoric ester groups is 1. The SMILES string of the molecule is CCCCCCCCCCCCOP(=O)(OCC)OCC. The van der Waals surface area contributed by atoms with Crippen molar-refractivity contribution in [2.24, 2.45) is 0 Å². The highest BCUT2D eigenvalue weighted by molar-refractivity contribution is 7.48. The van der Waals surface area contributed by atoms with Crippen molar-refractivity contribution >= 4 is 7.82 Å². The summed E-state index contributed by atoms with van der Waals surface area (Å²) in [5.74, 6) is 0. The van der Waals surface area contributed by atoms with Gasteiger partial charge in [0.25, 0.3) is 0 Å². The number of unbranched alkanes of at least 4 members (excludes halogenated alkanes) is 9. The summed E-state index contributed by atoms with van der Waals surface area (Å²) < 4.78 is 27.4. The lowest BCUT2D eigenvalue weighted by atomic mass is 10.1. The molecule has 0 aliphatic carbocycles. The summed E-state index contributed by atoms with van der Waals surface area (Å²) in [4.78, 5) is 0. The van der Waals surface area contributed by atoms with Crippen LogP contribution in [0.2, 0.25) is 0 Å². The largest absolute Gasteiger partial charge is 0.474 e. The fraction of sp³-hybridized carbons (Fsp3) is 1.00. The first kappa shape index (κ1) is 21.1. The zero-order valence-electron chi connectivity index (χ0n) is 14.3. The van der Waals surface area contributed by atoms with E-state index in [1.807, 2.05) is 0 Å². The van der Waals surface area contributed by atoms with Gasteiger partial charge in [0.2, 0.25) is 0 Å². The molecule has 0 radical (unpaired) electrons. The van der Waals surface area contributed by atoms with Crippen LogP contribution in [0.3, 0.4) is 0 Å². The van der Waals surface area contributed by atoms with Crippen molar-refractivity contribution in [2.45, 2.75) is 85.0 Å². The summed E-state index contributed by atoms with van der Waals surface area (Å²) in [6.45, 7) is 6.96. The van der Waals surface area contributed by atoms with Gasteiger partial charge in [0, 0.05) is 0 Å². The normalized spacial score (nSPS) is 12.0. The molecule has 0 amide bonds. The molecule has 0 fully saturated rings. The summed E-state index contributed by atoms with van der Waals surface area (Å²) in [6, 6.07) is 0. The number of hydrogen-bond acceptors (Lipinski definition) is 4. The van der Waals surface area contributed by atoms with E-state index in [4.69, 9.17) is 13.6 Å². The first-order valence-corrected chi connectivity index (χ1v) is 10.2. The Morgan fingerprint density at radius 3 is 1.48 bits per heavy atom. The van der Waals surface area contributed by atoms with E-state index in [0.717, 1.165) is 12.8 Å². The molecule has 0 unspecified atom stereocenters. The average molecular weight is 322 g/mol. The lowest BCUT2D eigenvalue weighted by Gasteiger charge is -2.16. The maximum absolute atomic E-state index is 12.0. The van der Waals surface area contributed by atoms with E-state index >= 15 is 0 Å². The highest BCUT2D eigenvalue weighted by Crippen LogP contribution is 2.49. The highest BCUT2D eigenvalue weighted by Gasteiger charge is 2.24. The van der Waals surface area contributed by atoms with Crippen molar-refractivity contribution in [2.75, 3.05) is 19.8 Å². The van der Waals surface area contributed by atoms with Crippen LogP contribution in [0.1, 0.15) is 85.0 Å². The van der Waals surface area contributed by atoms with E-state index < -0.39 is 7.82 Å². The van der Waals surface area contributed by atoms with Crippen molar-refractivity contribution in [3.8, 4) is 0 Å². The Labute approximate surface area is 131 Å². The van der Waals surface area contributed by atoms with Crippen molar-refractivity contribution in [3.05, 3.63) is 0 Å². The minimum absolute atomic E-state index is 0.343. The lowest BCUT2D eigenvalue weighted by molar-refractivity contribution is 0.120. The minimum Gasteiger partial charge on any atom is -0.287 e. The molecule has 0 saturated carbocycles. The van der Waals surface area contributed by atoms with Crippen LogP contribution in [-0.2, 0) is 18.1 Å². The molecule has 0 N–H and O–H groups in total. The van der Waals surface area contributed by atoms with Crippen LogP contribution in [0, 0.1) is 0 Å². The standard InChI is InChI=1S/C16H35O4P/c1-4-7-8-9-10-11-12-13-14-15-16-20-21(17,18-5-2)19-6-3/h4-16H2,1-3H3. The third-order valence-corrected chi connectivity index (χ3v) is 4.97. The molecule has 0 saturated heterocycles. The molecule has 128 valence electrons. The molecule has 0 aromatic rings. The van der Waals surface area contributed by atoms with Gasteiger partial charge in [0.1, 0.15) is 0 Å². The van der Waals surface area contributed by atoms with Crippen molar-refractivity contribution in [1.29, 1.82) is 0 Å². The molecule has 0 bridgehead atoms. The smallest absolute Gasteiger partial charge is 0.287 e. The first-order valence-electron chi connectivity index (χ1n) is 8.72. The van der Waals surface area contributed by atoms with Crippen LogP contribution in [-0.4, -0.2) is 19.8 Å². The van der Waals surface area contributed by atoms with Gasteiger partial charge in [-0.2, -0.15) is 0 Å². The maximum atomic E-state index is 12.0. The second kappa shape index (κ2) is 15.0. The molecular weight excluding hydrogens is 287 g/mol. The van der Waals surface area contributed by atoms with Crippen LogP contribution in [0.25, 0.3) is 0 Å². The van der Waals surface area contributed by atoms with Crippen LogP contribution in [0.15, 0.2) is 0 Å². The fourth-order valence-electron chi connectivity index (χ4n) is 2.19. The Kier molecular flexibility index (Phi) is 15.1. The Morgan fingerprint density at radius 1 is 0.619 bits per heavy atom. The molecule has 0 heterocycles. The summed E-state index contributed by atoms with van der Waals surface area (Å²) in [5, 5.41) is 0. The zero-order valence-corrected chi connectivity index (χ0v) is 15.2. The molecule has 0 aliphatic rings. The van der Waals surface area contributed by atoms with Crippen molar-refractivity contribution in [3.63, 3.8) is 0 Å². The molecule has 0 rings (SSSR count). The third kappa shape index (κ3) is 13.5. The number of rotatable bonds is 16. The van der Waals surface area contributed by atoms with Crippen molar-refractivity contribution < 1.29 is 18.1 Å². The molecule has 5 heteroatoms. The number of phosphoric acid groups is 1. The Morgan fingerprint density at radius 2 is 1.05 bits per heavy atom. The van der Waals surface area contributed by atoms with E-state index in [2.05, 4.69) is 6.92 Å². The van der Waals surface area contributed by atoms with Crippen LogP contribution in [0.5, 0.6) is 0 Å². The number of hydrogen-bond donors (Lipinski definition) is 0. The minimum atomic E-state index is -3.30. The molecule has 0 aromatic heterocycles. The second-order valence-corrected chi connectivity index (χ2v) is 6.97. The molecule has 4 nitrogen and oxygen atoms in total. The summed E-state index contributed by atoms with van der Waals surface area (Å²) >= 11 is 0. The van der Waals surface area contributed by atoms with Gasteiger partial charge in [-0.05, 0) is 20.3 Å². The molecule has 0 spiro atoms. The summed E-state index contributed by atoms with van der Waals surface area (Å²) in [5.41, 5.74) is 0. The van der Waals surface area contributed by atoms with Gasteiger partial charge in [-0.3, -0.25) is 13.6 Å². The highest BCUT2D eigenvalue weighted by atomic mass is 31.2. The first-order chi connectivity index (χ1) is 10.2. The van der Waals surface area contributed by atoms with E-state index in [0.29, 0.717) is 19.8 Å². The Bertz CT molecular complexity index is 249. The topological polar surface area (TPSA) is 44.8 Å². The molecule has 0 atom stereocenters. The summed E-state index contributed by atoms with van der Waals surface area (Å²) in [7, 11) is -3.30. The van der Waals surface area contributed by atoms with Crippen LogP contribution < -0.4 is 0 Å². The van der Waals surface area contributed by atoms with Gasteiger partial charge in [0.05, 0.1) is 19.8 Å². The van der Waals surface area contributed by atoms with Gasteiger partial charge in [-0.25, -0.2) is 4.57 Å². The Hall–Kier alpha value is 0.110. The van der Waals surface area contributed by atoms with E-state index in [9.17, 15) is 4.57 Å². The van der Waals surface area contributed by atoms with Gasteiger partial charge in [-0.15, -0.1) is 0 Å². The Balaban J connectivity index is 3.40. The molecular formula is C16H35O4P. The van der Waals surface area contributed by atoms with Gasteiger partial charge < -0.3 is 0 Å². The monoisotopic (exact) mass is 322 g/mol. The molecule has 0 aromatic carbocycles. The van der Waals surface area contributed by atoms with Gasteiger partial charge in [-0.1, -0.05) is 64.7 Å². The van der Waals surface area contributed by atoms with Crippen molar-refractivity contribution in [1.82, 2.24) is 0 Å². The van der Waals surface area contributed by atoms with E-state index in [1.54, 1.807) is 13.8 Å². The molecule has 21 heavy (non-hydrogen) atoms. The maximum Gasteiger partial charge on any atom is 0.474 e. The lowest BCUT2D eigenvalue weighted by Crippen LogP contribution is -2.01. The predicted molar refractivity (Wildman–Crippen MR) is 88.7 cm³/mol. The summed E-state index contributed by atoms with van der Waals surface area (Å²) in [6.07, 6.45) is 12.7. The second-order valence-electron chi connectivity index (χ2n) is 5.30. The van der Waals surface area contributed by atoms with E-state index in [1.165, 1.54) is 51.4 Å². The predicted octanol–water partition coefficient (Wildman–Crippen LogP) is 6.11. The zero-order chi connectivity index (χ0) is 15.8. The van der Waals surface area contributed by atoms with Crippen LogP contribution in [0.4, 0.5) is 0 Å². The fourth-order valence-corrected chi connectivity index (χ4v) is 3.40. The van der Waals surface area contributed by atoms with Gasteiger partial charge in [0.15, 0.2) is 0 Å². The van der Waals surface area contributed by atoms with Crippen LogP contribution >= 0.6 is 7.82 Å². The van der Waals surface area contributed by atoms with E-state index in [-0.39, 0.29) is 0 Å². The average Bonchev–Trinajstić information content (AvgIpc) is 2.45. The third-order valence-electron chi connectivity index (χ3n) is 3.32. The quantitative estimate of drug-likeness (QED) is 0.254.